The molecule has 39 heavy (non-hydrogen) atoms. The molecule has 8 rings (SSSR count). The molecule has 1 aliphatic heterocycles. The molecule has 1 aliphatic rings. The summed E-state index contributed by atoms with van der Waals surface area (Å²) in [5, 5.41) is 7.36. The molecule has 0 spiro atoms. The fraction of sp³-hybridized carbons (Fsp3) is 0. The van der Waals surface area contributed by atoms with Crippen LogP contribution in [-0.4, -0.2) is 0 Å². The van der Waals surface area contributed by atoms with Gasteiger partial charge in [0.05, 0.1) is 0 Å². The Kier molecular flexibility index (Phi) is 5.29. The van der Waals surface area contributed by atoms with Crippen LogP contribution in [0.3, 0.4) is 0 Å². The SMILES string of the molecule is Fc1cc(-c2ccc3c4ccccc4c4ccccc4c3c2)cc(-c2cccc3c2Sc2ccccc2S3)c1. The van der Waals surface area contributed by atoms with Crippen molar-refractivity contribution in [3.63, 3.8) is 0 Å². The van der Waals surface area contributed by atoms with Crippen molar-refractivity contribution in [1.82, 2.24) is 0 Å². The van der Waals surface area contributed by atoms with E-state index in [9.17, 15) is 0 Å². The van der Waals surface area contributed by atoms with Crippen molar-refractivity contribution in [1.29, 1.82) is 0 Å². The normalized spacial score (nSPS) is 12.5. The van der Waals surface area contributed by atoms with Crippen molar-refractivity contribution < 1.29 is 4.39 Å². The van der Waals surface area contributed by atoms with Crippen molar-refractivity contribution in [2.24, 2.45) is 0 Å². The first-order valence-electron chi connectivity index (χ1n) is 13.0. The highest BCUT2D eigenvalue weighted by atomic mass is 32.2. The summed E-state index contributed by atoms with van der Waals surface area (Å²) in [6, 6.07) is 44.0. The Hall–Kier alpha value is -4.05. The van der Waals surface area contributed by atoms with Gasteiger partial charge < -0.3 is 0 Å². The molecule has 0 unspecified atom stereocenters. The highest BCUT2D eigenvalue weighted by Crippen LogP contribution is 2.51. The summed E-state index contributed by atoms with van der Waals surface area (Å²) in [6.45, 7) is 0. The van der Waals surface area contributed by atoms with Gasteiger partial charge in [0.25, 0.3) is 0 Å². The molecule has 0 amide bonds. The van der Waals surface area contributed by atoms with Gasteiger partial charge in [0.15, 0.2) is 0 Å². The number of hydrogen-bond acceptors (Lipinski definition) is 2. The van der Waals surface area contributed by atoms with Crippen molar-refractivity contribution in [3.8, 4) is 22.3 Å². The zero-order chi connectivity index (χ0) is 25.9. The van der Waals surface area contributed by atoms with Crippen LogP contribution in [0.15, 0.2) is 147 Å². The molecule has 3 heteroatoms. The number of rotatable bonds is 2. The van der Waals surface area contributed by atoms with Crippen LogP contribution < -0.4 is 0 Å². The zero-order valence-corrected chi connectivity index (χ0v) is 22.5. The molecule has 0 N–H and O–H groups in total. The van der Waals surface area contributed by atoms with E-state index in [4.69, 9.17) is 0 Å². The number of fused-ring (bicyclic) bond motifs is 8. The smallest absolute Gasteiger partial charge is 0.124 e. The summed E-state index contributed by atoms with van der Waals surface area (Å²) in [5.74, 6) is -0.225. The van der Waals surface area contributed by atoms with Crippen molar-refractivity contribution >= 4 is 55.8 Å². The quantitative estimate of drug-likeness (QED) is 0.202. The molecule has 184 valence electrons. The van der Waals surface area contributed by atoms with E-state index in [-0.39, 0.29) is 5.82 Å². The predicted molar refractivity (Wildman–Crippen MR) is 164 cm³/mol. The second-order valence-electron chi connectivity index (χ2n) is 9.86. The third-order valence-electron chi connectivity index (χ3n) is 7.55. The highest BCUT2D eigenvalue weighted by Gasteiger charge is 2.21. The molecule has 0 saturated heterocycles. The van der Waals surface area contributed by atoms with Gasteiger partial charge in [0, 0.05) is 19.6 Å². The Morgan fingerprint density at radius 2 is 0.949 bits per heavy atom. The molecule has 0 saturated carbocycles. The molecule has 0 nitrogen and oxygen atoms in total. The first kappa shape index (κ1) is 22.9. The van der Waals surface area contributed by atoms with Crippen LogP contribution in [0.4, 0.5) is 4.39 Å². The minimum absolute atomic E-state index is 0.225. The summed E-state index contributed by atoms with van der Waals surface area (Å²) in [5.41, 5.74) is 3.87. The van der Waals surface area contributed by atoms with Crippen LogP contribution in [0.25, 0.3) is 54.6 Å². The van der Waals surface area contributed by atoms with Gasteiger partial charge in [0.2, 0.25) is 0 Å². The lowest BCUT2D eigenvalue weighted by Gasteiger charge is -2.21. The lowest BCUT2D eigenvalue weighted by molar-refractivity contribution is 0.629. The lowest BCUT2D eigenvalue weighted by Crippen LogP contribution is -1.93. The van der Waals surface area contributed by atoms with Crippen molar-refractivity contribution in [3.05, 3.63) is 133 Å². The monoisotopic (exact) mass is 536 g/mol. The molecular weight excluding hydrogens is 516 g/mol. The van der Waals surface area contributed by atoms with Gasteiger partial charge in [-0.1, -0.05) is 108 Å². The minimum Gasteiger partial charge on any atom is -0.207 e. The molecule has 0 atom stereocenters. The Morgan fingerprint density at radius 3 is 1.67 bits per heavy atom. The Labute approximate surface area is 234 Å². The number of halogens is 1. The van der Waals surface area contributed by atoms with Crippen LogP contribution in [0.5, 0.6) is 0 Å². The molecule has 7 aromatic carbocycles. The van der Waals surface area contributed by atoms with Gasteiger partial charge in [-0.2, -0.15) is 0 Å². The van der Waals surface area contributed by atoms with Crippen LogP contribution in [-0.2, 0) is 0 Å². The molecule has 7 aromatic rings. The van der Waals surface area contributed by atoms with E-state index in [0.29, 0.717) is 0 Å². The van der Waals surface area contributed by atoms with Crippen molar-refractivity contribution in [2.45, 2.75) is 19.6 Å². The fourth-order valence-corrected chi connectivity index (χ4v) is 8.18. The van der Waals surface area contributed by atoms with E-state index in [1.54, 1.807) is 35.7 Å². The fourth-order valence-electron chi connectivity index (χ4n) is 5.78. The first-order valence-corrected chi connectivity index (χ1v) is 14.6. The van der Waals surface area contributed by atoms with Crippen LogP contribution in [0.1, 0.15) is 0 Å². The highest BCUT2D eigenvalue weighted by molar-refractivity contribution is 8.05. The maximum atomic E-state index is 15.2. The third-order valence-corrected chi connectivity index (χ3v) is 10.2. The van der Waals surface area contributed by atoms with Crippen molar-refractivity contribution in [2.75, 3.05) is 0 Å². The van der Waals surface area contributed by atoms with E-state index in [0.717, 1.165) is 22.3 Å². The molecule has 0 bridgehead atoms. The molecule has 0 aromatic heterocycles. The van der Waals surface area contributed by atoms with Crippen LogP contribution >= 0.6 is 23.5 Å². The van der Waals surface area contributed by atoms with E-state index in [1.165, 1.54) is 51.9 Å². The predicted octanol–water partition coefficient (Wildman–Crippen LogP) is 11.2. The van der Waals surface area contributed by atoms with Gasteiger partial charge in [-0.3, -0.25) is 0 Å². The maximum Gasteiger partial charge on any atom is 0.124 e. The molecule has 0 fully saturated rings. The average molecular weight is 537 g/mol. The van der Waals surface area contributed by atoms with Crippen LogP contribution in [0.2, 0.25) is 0 Å². The largest absolute Gasteiger partial charge is 0.207 e. The second-order valence-corrected chi connectivity index (χ2v) is 12.0. The summed E-state index contributed by atoms with van der Waals surface area (Å²) in [7, 11) is 0. The van der Waals surface area contributed by atoms with Gasteiger partial charge in [-0.15, -0.1) is 0 Å². The van der Waals surface area contributed by atoms with E-state index in [2.05, 4.69) is 115 Å². The molecule has 0 aliphatic carbocycles. The van der Waals surface area contributed by atoms with Gasteiger partial charge in [0.1, 0.15) is 5.82 Å². The molecular formula is C36H21FS2. The second kappa shape index (κ2) is 9.01. The Morgan fingerprint density at radius 1 is 0.385 bits per heavy atom. The summed E-state index contributed by atoms with van der Waals surface area (Å²) in [6.07, 6.45) is 0. The molecule has 1 heterocycles. The van der Waals surface area contributed by atoms with E-state index in [1.807, 2.05) is 0 Å². The minimum atomic E-state index is -0.225. The standard InChI is InChI=1S/C36H21FS2/c37-25-19-23(18-24(20-25)26-12-7-15-35-36(26)39-34-14-6-5-13-33(34)38-35)22-16-17-31-29-10-2-1-8-27(29)28-9-3-4-11-30(28)32(31)21-22/h1-21H. The van der Waals surface area contributed by atoms with E-state index < -0.39 is 0 Å². The topological polar surface area (TPSA) is 0 Å². The summed E-state index contributed by atoms with van der Waals surface area (Å²) < 4.78 is 15.2. The lowest BCUT2D eigenvalue weighted by atomic mass is 9.91. The Bertz CT molecular complexity index is 2060. The number of hydrogen-bond donors (Lipinski definition) is 0. The molecule has 0 radical (unpaired) electrons. The average Bonchev–Trinajstić information content (AvgIpc) is 2.99. The zero-order valence-electron chi connectivity index (χ0n) is 20.8. The van der Waals surface area contributed by atoms with Gasteiger partial charge in [-0.05, 0) is 97.0 Å². The van der Waals surface area contributed by atoms with Gasteiger partial charge >= 0.3 is 0 Å². The first-order chi connectivity index (χ1) is 19.2. The third kappa shape index (κ3) is 3.76. The van der Waals surface area contributed by atoms with E-state index >= 15 is 4.39 Å². The summed E-state index contributed by atoms with van der Waals surface area (Å²) in [4.78, 5) is 4.91. The number of benzene rings is 7. The van der Waals surface area contributed by atoms with Crippen LogP contribution in [0, 0.1) is 5.82 Å². The Balaban J connectivity index is 1.31. The van der Waals surface area contributed by atoms with Gasteiger partial charge in [-0.25, -0.2) is 4.39 Å². The maximum absolute atomic E-state index is 15.2. The summed E-state index contributed by atoms with van der Waals surface area (Å²) >= 11 is 3.56.